The quantitative estimate of drug-likeness (QED) is 0.606. The van der Waals surface area contributed by atoms with E-state index in [0.717, 1.165) is 0 Å². The first-order chi connectivity index (χ1) is 6.19. The Balaban J connectivity index is 2.95. The third-order valence-electron chi connectivity index (χ3n) is 1.71. The Morgan fingerprint density at radius 2 is 2.15 bits per heavy atom. The van der Waals surface area contributed by atoms with Crippen molar-refractivity contribution in [2.75, 3.05) is 6.61 Å². The summed E-state index contributed by atoms with van der Waals surface area (Å²) in [5.74, 6) is 0.123. The topological polar surface area (TPSA) is 72.7 Å². The molecular weight excluding hydrogens is 238 g/mol. The van der Waals surface area contributed by atoms with Crippen LogP contribution in [0, 0.1) is 0 Å². The average molecular weight is 248 g/mol. The van der Waals surface area contributed by atoms with Crippen LogP contribution >= 0.6 is 15.9 Å². The molecule has 1 rings (SSSR count). The Morgan fingerprint density at radius 1 is 1.46 bits per heavy atom. The summed E-state index contributed by atoms with van der Waals surface area (Å²) in [7, 11) is 0. The maximum Gasteiger partial charge on any atom is 0.129 e. The van der Waals surface area contributed by atoms with Crippen molar-refractivity contribution < 1.29 is 15.4 Å². The van der Waals surface area contributed by atoms with Gasteiger partial charge in [-0.25, -0.2) is 0 Å². The Bertz CT molecular complexity index is 289. The van der Waals surface area contributed by atoms with Gasteiger partial charge < -0.3 is 15.4 Å². The van der Waals surface area contributed by atoms with Gasteiger partial charge in [0.1, 0.15) is 5.75 Å². The van der Waals surface area contributed by atoms with Gasteiger partial charge in [-0.2, -0.15) is 5.48 Å². The molecule has 0 aliphatic heterocycles. The summed E-state index contributed by atoms with van der Waals surface area (Å²) in [6.07, 6.45) is 0. The van der Waals surface area contributed by atoms with E-state index in [1.54, 1.807) is 12.1 Å². The van der Waals surface area contributed by atoms with Gasteiger partial charge in [0.2, 0.25) is 0 Å². The molecule has 0 aromatic heterocycles. The van der Waals surface area contributed by atoms with Gasteiger partial charge >= 0.3 is 0 Å². The van der Waals surface area contributed by atoms with Gasteiger partial charge in [-0.05, 0) is 33.6 Å². The molecule has 4 nitrogen and oxygen atoms in total. The maximum absolute atomic E-state index is 9.18. The molecule has 13 heavy (non-hydrogen) atoms. The minimum absolute atomic E-state index is 0.123. The van der Waals surface area contributed by atoms with Crippen LogP contribution in [0.2, 0.25) is 0 Å². The minimum atomic E-state index is -0.531. The number of hydrogen-bond donors (Lipinski definition) is 4. The van der Waals surface area contributed by atoms with Gasteiger partial charge in [0.05, 0.1) is 17.1 Å². The molecule has 0 fully saturated rings. The van der Waals surface area contributed by atoms with Crippen molar-refractivity contribution in [3.8, 4) is 5.75 Å². The Kier molecular flexibility index (Phi) is 3.68. The van der Waals surface area contributed by atoms with Crippen molar-refractivity contribution in [3.63, 3.8) is 0 Å². The highest BCUT2D eigenvalue weighted by atomic mass is 79.9. The molecule has 5 heteroatoms. The molecule has 0 saturated heterocycles. The van der Waals surface area contributed by atoms with E-state index in [0.29, 0.717) is 10.0 Å². The van der Waals surface area contributed by atoms with E-state index < -0.39 is 6.04 Å². The Hall–Kier alpha value is -0.620. The fourth-order valence-electron chi connectivity index (χ4n) is 0.961. The second-order valence-corrected chi connectivity index (χ2v) is 3.43. The smallest absolute Gasteiger partial charge is 0.129 e. The molecule has 0 unspecified atom stereocenters. The average Bonchev–Trinajstić information content (AvgIpc) is 2.13. The second kappa shape index (κ2) is 4.57. The molecule has 72 valence electrons. The molecule has 0 saturated carbocycles. The first-order valence-corrected chi connectivity index (χ1v) is 4.47. The van der Waals surface area contributed by atoms with Crippen LogP contribution in [0.5, 0.6) is 5.75 Å². The van der Waals surface area contributed by atoms with Crippen molar-refractivity contribution in [1.29, 1.82) is 0 Å². The highest BCUT2D eigenvalue weighted by Crippen LogP contribution is 2.26. The monoisotopic (exact) mass is 247 g/mol. The molecule has 0 bridgehead atoms. The first-order valence-electron chi connectivity index (χ1n) is 3.68. The summed E-state index contributed by atoms with van der Waals surface area (Å²) < 4.78 is 0.527. The molecule has 1 atom stereocenters. The number of rotatable bonds is 3. The highest BCUT2D eigenvalue weighted by Gasteiger charge is 2.09. The Labute approximate surface area is 83.9 Å². The molecule has 0 amide bonds. The molecule has 0 radical (unpaired) electrons. The number of hydroxylamine groups is 1. The van der Waals surface area contributed by atoms with Crippen molar-refractivity contribution >= 4 is 15.9 Å². The molecule has 0 spiro atoms. The molecule has 0 aliphatic rings. The van der Waals surface area contributed by atoms with E-state index in [9.17, 15) is 5.11 Å². The van der Waals surface area contributed by atoms with Crippen LogP contribution in [0.25, 0.3) is 0 Å². The third-order valence-corrected chi connectivity index (χ3v) is 2.35. The van der Waals surface area contributed by atoms with Crippen LogP contribution in [-0.4, -0.2) is 22.0 Å². The minimum Gasteiger partial charge on any atom is -0.507 e. The lowest BCUT2D eigenvalue weighted by molar-refractivity contribution is 0.0905. The van der Waals surface area contributed by atoms with Gasteiger partial charge in [0.25, 0.3) is 0 Å². The lowest BCUT2D eigenvalue weighted by Crippen LogP contribution is -2.20. The molecule has 1 aromatic rings. The standard InChI is InChI=1S/C8H10BrNO3/c9-6-3-5(1-2-8(6)12)7(4-11)10-13/h1-3,7,10-13H,4H2/t7-/m0/s1. The van der Waals surface area contributed by atoms with E-state index in [1.165, 1.54) is 6.07 Å². The van der Waals surface area contributed by atoms with E-state index in [2.05, 4.69) is 15.9 Å². The summed E-state index contributed by atoms with van der Waals surface area (Å²) in [6.45, 7) is -0.215. The number of nitrogens with one attached hydrogen (secondary N) is 1. The van der Waals surface area contributed by atoms with E-state index in [4.69, 9.17) is 10.3 Å². The summed E-state index contributed by atoms with van der Waals surface area (Å²) in [4.78, 5) is 0. The second-order valence-electron chi connectivity index (χ2n) is 2.58. The molecular formula is C8H10BrNO3. The van der Waals surface area contributed by atoms with Crippen molar-refractivity contribution in [3.05, 3.63) is 28.2 Å². The van der Waals surface area contributed by atoms with Crippen LogP contribution in [0.3, 0.4) is 0 Å². The van der Waals surface area contributed by atoms with Gasteiger partial charge in [-0.15, -0.1) is 0 Å². The van der Waals surface area contributed by atoms with Gasteiger partial charge in [0, 0.05) is 0 Å². The van der Waals surface area contributed by atoms with Crippen LogP contribution in [-0.2, 0) is 0 Å². The summed E-state index contributed by atoms with van der Waals surface area (Å²) in [5, 5.41) is 26.7. The van der Waals surface area contributed by atoms with Crippen molar-refractivity contribution in [2.45, 2.75) is 6.04 Å². The number of halogens is 1. The van der Waals surface area contributed by atoms with Crippen LogP contribution in [0.1, 0.15) is 11.6 Å². The van der Waals surface area contributed by atoms with Crippen molar-refractivity contribution in [1.82, 2.24) is 5.48 Å². The molecule has 1 aromatic carbocycles. The fraction of sp³-hybridized carbons (Fsp3) is 0.250. The summed E-state index contributed by atoms with van der Waals surface area (Å²) in [6, 6.07) is 4.19. The zero-order valence-electron chi connectivity index (χ0n) is 6.74. The van der Waals surface area contributed by atoms with E-state index in [1.807, 2.05) is 5.48 Å². The largest absolute Gasteiger partial charge is 0.507 e. The summed E-state index contributed by atoms with van der Waals surface area (Å²) >= 11 is 3.13. The number of aromatic hydroxyl groups is 1. The lowest BCUT2D eigenvalue weighted by Gasteiger charge is -2.12. The van der Waals surface area contributed by atoms with Gasteiger partial charge in [-0.1, -0.05) is 6.07 Å². The van der Waals surface area contributed by atoms with E-state index >= 15 is 0 Å². The first kappa shape index (κ1) is 10.5. The number of aliphatic hydroxyl groups excluding tert-OH is 1. The van der Waals surface area contributed by atoms with E-state index in [-0.39, 0.29) is 12.4 Å². The highest BCUT2D eigenvalue weighted by molar-refractivity contribution is 9.10. The number of benzene rings is 1. The molecule has 0 aliphatic carbocycles. The zero-order valence-corrected chi connectivity index (χ0v) is 8.32. The van der Waals surface area contributed by atoms with Crippen LogP contribution in [0.15, 0.2) is 22.7 Å². The molecule has 4 N–H and O–H groups in total. The zero-order chi connectivity index (χ0) is 9.84. The van der Waals surface area contributed by atoms with Gasteiger partial charge in [-0.3, -0.25) is 0 Å². The fourth-order valence-corrected chi connectivity index (χ4v) is 1.36. The number of phenols is 1. The normalized spacial score (nSPS) is 12.8. The predicted octanol–water partition coefficient (Wildman–Crippen LogP) is 1.17. The SMILES string of the molecule is OC[C@H](NO)c1ccc(O)c(Br)c1. The Morgan fingerprint density at radius 3 is 2.62 bits per heavy atom. The van der Waals surface area contributed by atoms with Crippen molar-refractivity contribution in [2.24, 2.45) is 0 Å². The maximum atomic E-state index is 9.18. The van der Waals surface area contributed by atoms with Crippen LogP contribution < -0.4 is 5.48 Å². The van der Waals surface area contributed by atoms with Gasteiger partial charge in [0.15, 0.2) is 0 Å². The lowest BCUT2D eigenvalue weighted by atomic mass is 10.1. The summed E-state index contributed by atoms with van der Waals surface area (Å²) in [5.41, 5.74) is 2.65. The number of hydrogen-bond acceptors (Lipinski definition) is 4. The number of aliphatic hydroxyl groups is 1. The number of phenolic OH excluding ortho intramolecular Hbond substituents is 1. The third kappa shape index (κ3) is 2.41. The van der Waals surface area contributed by atoms with Crippen LogP contribution in [0.4, 0.5) is 0 Å². The predicted molar refractivity (Wildman–Crippen MR) is 50.6 cm³/mol. The molecule has 0 heterocycles.